The van der Waals surface area contributed by atoms with Crippen LogP contribution >= 0.6 is 0 Å². The Bertz CT molecular complexity index is 495. The maximum atomic E-state index is 12.1. The van der Waals surface area contributed by atoms with Gasteiger partial charge in [0.1, 0.15) is 0 Å². The van der Waals surface area contributed by atoms with Gasteiger partial charge in [-0.2, -0.15) is 0 Å². The van der Waals surface area contributed by atoms with Crippen LogP contribution in [-0.4, -0.2) is 33.4 Å². The van der Waals surface area contributed by atoms with Gasteiger partial charge in [0.2, 0.25) is 10.0 Å². The third kappa shape index (κ3) is 1.81. The van der Waals surface area contributed by atoms with Crippen molar-refractivity contribution in [1.29, 1.82) is 0 Å². The van der Waals surface area contributed by atoms with Crippen LogP contribution < -0.4 is 5.32 Å². The van der Waals surface area contributed by atoms with Crippen LogP contribution in [0.5, 0.6) is 0 Å². The molecule has 1 heterocycles. The van der Waals surface area contributed by atoms with Gasteiger partial charge in [0.15, 0.2) is 0 Å². The third-order valence-electron chi connectivity index (χ3n) is 2.81. The standard InChI is InChI=1S/C11H16N2O2S/c1-13(2)16(14,15)11-7-3-6-10-9(11)5-4-8-12-10/h3,6-7,12H,4-5,8H2,1-2H3. The molecule has 2 rings (SSSR count). The number of hydrogen-bond donors (Lipinski definition) is 1. The van der Waals surface area contributed by atoms with E-state index in [0.717, 1.165) is 30.6 Å². The molecule has 5 heteroatoms. The maximum absolute atomic E-state index is 12.1. The molecule has 0 aromatic heterocycles. The fourth-order valence-corrected chi connectivity index (χ4v) is 3.08. The number of hydrogen-bond acceptors (Lipinski definition) is 3. The molecular weight excluding hydrogens is 224 g/mol. The minimum absolute atomic E-state index is 0.433. The molecule has 0 fully saturated rings. The van der Waals surface area contributed by atoms with Gasteiger partial charge >= 0.3 is 0 Å². The first-order valence-electron chi connectivity index (χ1n) is 5.32. The highest BCUT2D eigenvalue weighted by atomic mass is 32.2. The summed E-state index contributed by atoms with van der Waals surface area (Å²) in [6.07, 6.45) is 1.80. The zero-order valence-corrected chi connectivity index (χ0v) is 10.3. The average Bonchev–Trinajstić information content (AvgIpc) is 2.28. The summed E-state index contributed by atoms with van der Waals surface area (Å²) >= 11 is 0. The van der Waals surface area contributed by atoms with Crippen LogP contribution in [0.4, 0.5) is 5.69 Å². The van der Waals surface area contributed by atoms with Gasteiger partial charge < -0.3 is 5.32 Å². The van der Waals surface area contributed by atoms with E-state index in [2.05, 4.69) is 5.32 Å². The Morgan fingerprint density at radius 1 is 1.31 bits per heavy atom. The molecule has 1 N–H and O–H groups in total. The molecule has 0 bridgehead atoms. The molecule has 0 atom stereocenters. The van der Waals surface area contributed by atoms with Gasteiger partial charge in [-0.15, -0.1) is 0 Å². The van der Waals surface area contributed by atoms with Gasteiger partial charge in [0.05, 0.1) is 4.90 Å². The van der Waals surface area contributed by atoms with E-state index in [-0.39, 0.29) is 0 Å². The smallest absolute Gasteiger partial charge is 0.242 e. The Morgan fingerprint density at radius 2 is 2.06 bits per heavy atom. The number of anilines is 1. The number of sulfonamides is 1. The highest BCUT2D eigenvalue weighted by Crippen LogP contribution is 2.29. The molecule has 0 radical (unpaired) electrons. The van der Waals surface area contributed by atoms with Crippen molar-refractivity contribution >= 4 is 15.7 Å². The molecule has 0 spiro atoms. The summed E-state index contributed by atoms with van der Waals surface area (Å²) in [5.41, 5.74) is 1.87. The molecule has 0 unspecified atom stereocenters. The van der Waals surface area contributed by atoms with Gasteiger partial charge in [-0.05, 0) is 30.5 Å². The molecule has 1 aliphatic rings. The predicted octanol–water partition coefficient (Wildman–Crippen LogP) is 1.30. The summed E-state index contributed by atoms with van der Waals surface area (Å²) in [6, 6.07) is 5.40. The van der Waals surface area contributed by atoms with Gasteiger partial charge in [0, 0.05) is 26.3 Å². The Kier molecular flexibility index (Phi) is 2.90. The van der Waals surface area contributed by atoms with Crippen molar-refractivity contribution in [2.75, 3.05) is 26.0 Å². The highest BCUT2D eigenvalue weighted by molar-refractivity contribution is 7.89. The third-order valence-corrected chi connectivity index (χ3v) is 4.71. The maximum Gasteiger partial charge on any atom is 0.242 e. The average molecular weight is 240 g/mol. The molecular formula is C11H16N2O2S. The van der Waals surface area contributed by atoms with E-state index in [9.17, 15) is 8.42 Å². The minimum atomic E-state index is -3.33. The van der Waals surface area contributed by atoms with Gasteiger partial charge in [-0.25, -0.2) is 12.7 Å². The van der Waals surface area contributed by atoms with Crippen molar-refractivity contribution < 1.29 is 8.42 Å². The van der Waals surface area contributed by atoms with Crippen molar-refractivity contribution in [3.63, 3.8) is 0 Å². The van der Waals surface area contributed by atoms with Crippen molar-refractivity contribution in [1.82, 2.24) is 4.31 Å². The Labute approximate surface area is 96.3 Å². The molecule has 16 heavy (non-hydrogen) atoms. The fourth-order valence-electron chi connectivity index (χ4n) is 1.92. The lowest BCUT2D eigenvalue weighted by molar-refractivity contribution is 0.519. The first kappa shape index (κ1) is 11.4. The largest absolute Gasteiger partial charge is 0.385 e. The molecule has 88 valence electrons. The van der Waals surface area contributed by atoms with Crippen molar-refractivity contribution in [2.24, 2.45) is 0 Å². The molecule has 1 aromatic rings. The molecule has 0 aliphatic carbocycles. The Morgan fingerprint density at radius 3 is 2.75 bits per heavy atom. The second-order valence-electron chi connectivity index (χ2n) is 4.10. The van der Waals surface area contributed by atoms with E-state index in [0.29, 0.717) is 4.90 Å². The number of nitrogens with one attached hydrogen (secondary N) is 1. The molecule has 1 aromatic carbocycles. The summed E-state index contributed by atoms with van der Waals surface area (Å²) in [5, 5.41) is 3.23. The summed E-state index contributed by atoms with van der Waals surface area (Å²) in [7, 11) is -0.204. The lowest BCUT2D eigenvalue weighted by atomic mass is 10.0. The van der Waals surface area contributed by atoms with E-state index in [1.54, 1.807) is 26.2 Å². The molecule has 0 saturated heterocycles. The highest BCUT2D eigenvalue weighted by Gasteiger charge is 2.23. The number of rotatable bonds is 2. The number of nitrogens with zero attached hydrogens (tertiary/aromatic N) is 1. The normalized spacial score (nSPS) is 15.7. The number of benzene rings is 1. The first-order chi connectivity index (χ1) is 7.53. The summed E-state index contributed by atoms with van der Waals surface area (Å²) in [4.78, 5) is 0.433. The molecule has 0 amide bonds. The lowest BCUT2D eigenvalue weighted by Crippen LogP contribution is -2.25. The van der Waals surface area contributed by atoms with Gasteiger partial charge in [0.25, 0.3) is 0 Å². The summed E-state index contributed by atoms with van der Waals surface area (Å²) in [6.45, 7) is 0.915. The van der Waals surface area contributed by atoms with E-state index in [4.69, 9.17) is 0 Å². The zero-order chi connectivity index (χ0) is 11.8. The predicted molar refractivity (Wildman–Crippen MR) is 64.1 cm³/mol. The van der Waals surface area contributed by atoms with Crippen LogP contribution in [0, 0.1) is 0 Å². The molecule has 1 aliphatic heterocycles. The van der Waals surface area contributed by atoms with Crippen LogP contribution in [0.25, 0.3) is 0 Å². The monoisotopic (exact) mass is 240 g/mol. The minimum Gasteiger partial charge on any atom is -0.385 e. The van der Waals surface area contributed by atoms with E-state index in [1.807, 2.05) is 6.07 Å². The summed E-state index contributed by atoms with van der Waals surface area (Å²) < 4.78 is 25.5. The lowest BCUT2D eigenvalue weighted by Gasteiger charge is -2.22. The fraction of sp³-hybridized carbons (Fsp3) is 0.455. The van der Waals surface area contributed by atoms with Crippen molar-refractivity contribution in [2.45, 2.75) is 17.7 Å². The second-order valence-corrected chi connectivity index (χ2v) is 6.22. The molecule has 0 saturated carbocycles. The van der Waals surface area contributed by atoms with Crippen LogP contribution in [0.1, 0.15) is 12.0 Å². The zero-order valence-electron chi connectivity index (χ0n) is 9.53. The Balaban J connectivity index is 2.58. The van der Waals surface area contributed by atoms with E-state index >= 15 is 0 Å². The SMILES string of the molecule is CN(C)S(=O)(=O)c1cccc2c1CCCN2. The van der Waals surface area contributed by atoms with Gasteiger partial charge in [-0.1, -0.05) is 6.07 Å². The molecule has 4 nitrogen and oxygen atoms in total. The van der Waals surface area contributed by atoms with Crippen LogP contribution in [0.2, 0.25) is 0 Å². The van der Waals surface area contributed by atoms with Gasteiger partial charge in [-0.3, -0.25) is 0 Å². The van der Waals surface area contributed by atoms with Crippen molar-refractivity contribution in [3.8, 4) is 0 Å². The van der Waals surface area contributed by atoms with Crippen LogP contribution in [0.3, 0.4) is 0 Å². The van der Waals surface area contributed by atoms with Crippen molar-refractivity contribution in [3.05, 3.63) is 23.8 Å². The quantitative estimate of drug-likeness (QED) is 0.847. The topological polar surface area (TPSA) is 49.4 Å². The second kappa shape index (κ2) is 4.07. The van der Waals surface area contributed by atoms with Crippen LogP contribution in [-0.2, 0) is 16.4 Å². The summed E-state index contributed by atoms with van der Waals surface area (Å²) in [5.74, 6) is 0. The number of fused-ring (bicyclic) bond motifs is 1. The Hall–Kier alpha value is -1.07. The van der Waals surface area contributed by atoms with E-state index < -0.39 is 10.0 Å². The van der Waals surface area contributed by atoms with Crippen LogP contribution in [0.15, 0.2) is 23.1 Å². The first-order valence-corrected chi connectivity index (χ1v) is 6.76. The van der Waals surface area contributed by atoms with E-state index in [1.165, 1.54) is 4.31 Å².